The molecule has 0 aliphatic carbocycles. The summed E-state index contributed by atoms with van der Waals surface area (Å²) in [5.41, 5.74) is 2.24. The number of aryl methyl sites for hydroxylation is 1. The lowest BCUT2D eigenvalue weighted by Gasteiger charge is -1.90. The van der Waals surface area contributed by atoms with Gasteiger partial charge in [0.1, 0.15) is 5.01 Å². The van der Waals surface area contributed by atoms with Crippen LogP contribution >= 0.6 is 11.3 Å². The summed E-state index contributed by atoms with van der Waals surface area (Å²) in [5.74, 6) is 0. The average Bonchev–Trinajstić information content (AvgIpc) is 2.49. The molecule has 0 saturated carbocycles. The Morgan fingerprint density at radius 1 is 1.54 bits per heavy atom. The van der Waals surface area contributed by atoms with E-state index in [1.165, 1.54) is 10.3 Å². The number of fused-ring (bicyclic) bond motifs is 1. The van der Waals surface area contributed by atoms with E-state index in [2.05, 4.69) is 24.0 Å². The van der Waals surface area contributed by atoms with Crippen LogP contribution in [0.4, 0.5) is 0 Å². The summed E-state index contributed by atoms with van der Waals surface area (Å²) >= 11 is 1.61. The van der Waals surface area contributed by atoms with E-state index in [9.17, 15) is 0 Å². The molecule has 2 rings (SSSR count). The molecule has 0 fully saturated rings. The van der Waals surface area contributed by atoms with E-state index < -0.39 is 0 Å². The third kappa shape index (κ3) is 1.41. The van der Waals surface area contributed by atoms with E-state index in [1.54, 1.807) is 11.3 Å². The van der Waals surface area contributed by atoms with Gasteiger partial charge in [-0.1, -0.05) is 12.1 Å². The van der Waals surface area contributed by atoms with Crippen LogP contribution in [0.2, 0.25) is 0 Å². The number of nitrogens with zero attached hydrogens (tertiary/aromatic N) is 2. The Balaban J connectivity index is 2.63. The molecule has 0 spiro atoms. The summed E-state index contributed by atoms with van der Waals surface area (Å²) < 4.78 is 1.20. The van der Waals surface area contributed by atoms with Crippen LogP contribution in [0, 0.1) is 18.3 Å². The van der Waals surface area contributed by atoms with Gasteiger partial charge >= 0.3 is 0 Å². The second-order valence-electron chi connectivity index (χ2n) is 2.87. The Kier molecular flexibility index (Phi) is 1.99. The van der Waals surface area contributed by atoms with E-state index in [-0.39, 0.29) is 0 Å². The topological polar surface area (TPSA) is 36.7 Å². The molecule has 0 unspecified atom stereocenters. The van der Waals surface area contributed by atoms with Gasteiger partial charge < -0.3 is 0 Å². The molecule has 64 valence electrons. The molecule has 0 atom stereocenters. The van der Waals surface area contributed by atoms with Gasteiger partial charge in [-0.3, -0.25) is 0 Å². The van der Waals surface area contributed by atoms with E-state index in [0.29, 0.717) is 6.42 Å². The first kappa shape index (κ1) is 8.21. The van der Waals surface area contributed by atoms with Gasteiger partial charge in [0.15, 0.2) is 0 Å². The largest absolute Gasteiger partial charge is 0.240 e. The van der Waals surface area contributed by atoms with Gasteiger partial charge in [-0.15, -0.1) is 11.3 Å². The Morgan fingerprint density at radius 2 is 2.38 bits per heavy atom. The highest BCUT2D eigenvalue weighted by Gasteiger charge is 2.04. The number of benzene rings is 1. The molecule has 0 saturated heterocycles. The number of aromatic nitrogens is 1. The second-order valence-corrected chi connectivity index (χ2v) is 3.95. The van der Waals surface area contributed by atoms with Gasteiger partial charge in [-0.2, -0.15) is 5.26 Å². The molecule has 1 heterocycles. The third-order valence-electron chi connectivity index (χ3n) is 1.89. The molecule has 13 heavy (non-hydrogen) atoms. The molecular weight excluding hydrogens is 180 g/mol. The van der Waals surface area contributed by atoms with Crippen LogP contribution in [0.25, 0.3) is 10.2 Å². The SMILES string of the molecule is Cc1cccc2nc(CC#N)sc12. The Bertz CT molecular complexity index is 479. The fourth-order valence-corrected chi connectivity index (χ4v) is 2.24. The van der Waals surface area contributed by atoms with E-state index in [0.717, 1.165) is 10.5 Å². The smallest absolute Gasteiger partial charge is 0.108 e. The number of rotatable bonds is 1. The summed E-state index contributed by atoms with van der Waals surface area (Å²) in [7, 11) is 0. The zero-order valence-electron chi connectivity index (χ0n) is 7.24. The molecule has 0 aliphatic heterocycles. The van der Waals surface area contributed by atoms with Gasteiger partial charge in [0, 0.05) is 0 Å². The van der Waals surface area contributed by atoms with Crippen molar-refractivity contribution in [3.8, 4) is 6.07 Å². The number of thiazole rings is 1. The summed E-state index contributed by atoms with van der Waals surface area (Å²) in [6.07, 6.45) is 0.415. The first-order valence-corrected chi connectivity index (χ1v) is 4.85. The van der Waals surface area contributed by atoms with Crippen LogP contribution in [-0.2, 0) is 6.42 Å². The quantitative estimate of drug-likeness (QED) is 0.689. The van der Waals surface area contributed by atoms with Crippen molar-refractivity contribution in [1.82, 2.24) is 4.98 Å². The van der Waals surface area contributed by atoms with Crippen LogP contribution in [0.3, 0.4) is 0 Å². The van der Waals surface area contributed by atoms with Crippen molar-refractivity contribution in [2.24, 2.45) is 0 Å². The normalized spacial score (nSPS) is 10.2. The Morgan fingerprint density at radius 3 is 3.08 bits per heavy atom. The van der Waals surface area contributed by atoms with Crippen molar-refractivity contribution in [3.05, 3.63) is 28.8 Å². The van der Waals surface area contributed by atoms with Crippen molar-refractivity contribution in [2.45, 2.75) is 13.3 Å². The van der Waals surface area contributed by atoms with Crippen LogP contribution in [0.5, 0.6) is 0 Å². The predicted octanol–water partition coefficient (Wildman–Crippen LogP) is 2.67. The molecule has 2 aromatic rings. The molecule has 1 aromatic heterocycles. The molecule has 0 amide bonds. The lowest BCUT2D eigenvalue weighted by Crippen LogP contribution is -1.76. The van der Waals surface area contributed by atoms with Crippen molar-refractivity contribution < 1.29 is 0 Å². The maximum absolute atomic E-state index is 8.53. The highest BCUT2D eigenvalue weighted by molar-refractivity contribution is 7.18. The molecule has 0 bridgehead atoms. The molecule has 0 N–H and O–H groups in total. The minimum absolute atomic E-state index is 0.415. The zero-order valence-corrected chi connectivity index (χ0v) is 8.06. The molecule has 0 aliphatic rings. The number of hydrogen-bond donors (Lipinski definition) is 0. The molecular formula is C10H8N2S. The molecule has 3 heteroatoms. The Hall–Kier alpha value is -1.40. The van der Waals surface area contributed by atoms with Gasteiger partial charge in [0.05, 0.1) is 22.7 Å². The summed E-state index contributed by atoms with van der Waals surface area (Å²) in [6, 6.07) is 8.16. The van der Waals surface area contributed by atoms with E-state index >= 15 is 0 Å². The van der Waals surface area contributed by atoms with Gasteiger partial charge in [-0.25, -0.2) is 4.98 Å². The summed E-state index contributed by atoms with van der Waals surface area (Å²) in [5, 5.41) is 9.44. The van der Waals surface area contributed by atoms with Crippen LogP contribution in [0.1, 0.15) is 10.6 Å². The average molecular weight is 188 g/mol. The molecule has 1 aromatic carbocycles. The highest BCUT2D eigenvalue weighted by atomic mass is 32.1. The number of nitriles is 1. The first-order chi connectivity index (χ1) is 6.31. The minimum atomic E-state index is 0.415. The van der Waals surface area contributed by atoms with Crippen LogP contribution in [-0.4, -0.2) is 4.98 Å². The standard InChI is InChI=1S/C10H8N2S/c1-7-3-2-4-8-10(7)13-9(12-8)5-6-11/h2-4H,5H2,1H3. The van der Waals surface area contributed by atoms with Crippen molar-refractivity contribution >= 4 is 21.6 Å². The summed E-state index contributed by atoms with van der Waals surface area (Å²) in [4.78, 5) is 4.36. The fourth-order valence-electron chi connectivity index (χ4n) is 1.28. The predicted molar refractivity (Wildman–Crippen MR) is 53.7 cm³/mol. The van der Waals surface area contributed by atoms with Crippen molar-refractivity contribution in [3.63, 3.8) is 0 Å². The fraction of sp³-hybridized carbons (Fsp3) is 0.200. The molecule has 0 radical (unpaired) electrons. The van der Waals surface area contributed by atoms with Gasteiger partial charge in [0.25, 0.3) is 0 Å². The lowest BCUT2D eigenvalue weighted by atomic mass is 10.2. The zero-order chi connectivity index (χ0) is 9.26. The number of hydrogen-bond acceptors (Lipinski definition) is 3. The van der Waals surface area contributed by atoms with Crippen LogP contribution in [0.15, 0.2) is 18.2 Å². The van der Waals surface area contributed by atoms with Crippen LogP contribution < -0.4 is 0 Å². The molecule has 2 nitrogen and oxygen atoms in total. The maximum Gasteiger partial charge on any atom is 0.108 e. The van der Waals surface area contributed by atoms with Crippen molar-refractivity contribution in [2.75, 3.05) is 0 Å². The Labute approximate surface area is 80.5 Å². The van der Waals surface area contributed by atoms with Gasteiger partial charge in [0.2, 0.25) is 0 Å². The van der Waals surface area contributed by atoms with Crippen molar-refractivity contribution in [1.29, 1.82) is 5.26 Å². The van der Waals surface area contributed by atoms with E-state index in [4.69, 9.17) is 5.26 Å². The third-order valence-corrected chi connectivity index (χ3v) is 3.09. The van der Waals surface area contributed by atoms with Gasteiger partial charge in [-0.05, 0) is 18.6 Å². The monoisotopic (exact) mass is 188 g/mol. The first-order valence-electron chi connectivity index (χ1n) is 4.03. The summed E-state index contributed by atoms with van der Waals surface area (Å²) in [6.45, 7) is 2.07. The lowest BCUT2D eigenvalue weighted by molar-refractivity contribution is 1.21. The highest BCUT2D eigenvalue weighted by Crippen LogP contribution is 2.25. The minimum Gasteiger partial charge on any atom is -0.240 e. The maximum atomic E-state index is 8.53. The van der Waals surface area contributed by atoms with E-state index in [1.807, 2.05) is 12.1 Å². The second kappa shape index (κ2) is 3.15.